The molecule has 0 aliphatic rings. The molecule has 6 nitrogen and oxygen atoms in total. The molecule has 0 saturated heterocycles. The predicted octanol–water partition coefficient (Wildman–Crippen LogP) is 0.306. The Labute approximate surface area is 208 Å². The number of carbonyl (C=O) groups excluding carboxylic acids is 1. The molecule has 0 bridgehead atoms. The van der Waals surface area contributed by atoms with Crippen molar-refractivity contribution < 1.29 is 47.9 Å². The smallest absolute Gasteiger partial charge is 0.545 e. The summed E-state index contributed by atoms with van der Waals surface area (Å²) in [6.07, 6.45) is 1.66. The van der Waals surface area contributed by atoms with Gasteiger partial charge in [-0.25, -0.2) is 17.7 Å². The fourth-order valence-electron chi connectivity index (χ4n) is 3.46. The van der Waals surface area contributed by atoms with E-state index in [0.717, 1.165) is 21.9 Å². The first kappa shape index (κ1) is 23.9. The van der Waals surface area contributed by atoms with Crippen LogP contribution in [-0.2, 0) is 16.6 Å². The van der Waals surface area contributed by atoms with E-state index < -0.39 is 16.0 Å². The van der Waals surface area contributed by atoms with Crippen LogP contribution in [0, 0.1) is 6.92 Å². The van der Waals surface area contributed by atoms with E-state index in [0.29, 0.717) is 5.82 Å². The first-order valence-corrected chi connectivity index (χ1v) is 11.0. The zero-order valence-electron chi connectivity index (χ0n) is 17.7. The Hall–Kier alpha value is -2.71. The molecule has 0 atom stereocenters. The van der Waals surface area contributed by atoms with Crippen molar-refractivity contribution in [1.29, 1.82) is 0 Å². The molecule has 8 heteroatoms. The summed E-state index contributed by atoms with van der Waals surface area (Å²) in [5, 5.41) is 12.9. The molecule has 1 aromatic heterocycles. The first-order valence-electron chi connectivity index (χ1n) is 9.60. The second-order valence-electron chi connectivity index (χ2n) is 7.10. The van der Waals surface area contributed by atoms with Crippen LogP contribution in [0.25, 0.3) is 10.8 Å². The van der Waals surface area contributed by atoms with Gasteiger partial charge in [-0.3, -0.25) is 0 Å². The van der Waals surface area contributed by atoms with Gasteiger partial charge in [-0.2, -0.15) is 0 Å². The minimum Gasteiger partial charge on any atom is -0.545 e. The van der Waals surface area contributed by atoms with E-state index in [1.165, 1.54) is 28.6 Å². The molecule has 0 amide bonds. The van der Waals surface area contributed by atoms with E-state index in [1.807, 2.05) is 61.5 Å². The van der Waals surface area contributed by atoms with Crippen LogP contribution < -0.4 is 39.0 Å². The number of rotatable bonds is 6. The molecule has 4 aromatic rings. The molecule has 0 aliphatic heterocycles. The third-order valence-corrected chi connectivity index (χ3v) is 6.86. The maximum atomic E-state index is 13.6. The van der Waals surface area contributed by atoms with Gasteiger partial charge in [-0.15, -0.1) is 0 Å². The predicted molar refractivity (Wildman–Crippen MR) is 117 cm³/mol. The topological polar surface area (TPSA) is 90.4 Å². The van der Waals surface area contributed by atoms with Gasteiger partial charge in [0.15, 0.2) is 0 Å². The number of sulfonamides is 1. The summed E-state index contributed by atoms with van der Waals surface area (Å²) in [5.74, 6) is -1.04. The maximum absolute atomic E-state index is 13.6. The van der Waals surface area contributed by atoms with Crippen LogP contribution in [0.2, 0.25) is 0 Å². The van der Waals surface area contributed by atoms with Crippen LogP contribution >= 0.6 is 0 Å². The van der Waals surface area contributed by atoms with E-state index in [9.17, 15) is 18.3 Å². The number of nitrogens with zero attached hydrogens (tertiary/aromatic N) is 2. The monoisotopic (exact) mass is 454 g/mol. The molecule has 0 radical (unpaired) electrons. The number of aromatic carboxylic acids is 1. The van der Waals surface area contributed by atoms with Gasteiger partial charge in [0.2, 0.25) is 0 Å². The minimum absolute atomic E-state index is 0. The third kappa shape index (κ3) is 4.71. The summed E-state index contributed by atoms with van der Waals surface area (Å²) in [6, 6.07) is 21.9. The van der Waals surface area contributed by atoms with E-state index in [2.05, 4.69) is 4.98 Å². The van der Waals surface area contributed by atoms with Crippen LogP contribution in [0.3, 0.4) is 0 Å². The number of hydrogen-bond acceptors (Lipinski definition) is 5. The van der Waals surface area contributed by atoms with E-state index in [-0.39, 0.29) is 46.6 Å². The van der Waals surface area contributed by atoms with Gasteiger partial charge >= 0.3 is 29.6 Å². The number of fused-ring (bicyclic) bond motifs is 1. The Morgan fingerprint density at radius 1 is 0.938 bits per heavy atom. The van der Waals surface area contributed by atoms with Crippen molar-refractivity contribution in [3.8, 4) is 0 Å². The Bertz CT molecular complexity index is 1360. The largest absolute Gasteiger partial charge is 1.00 e. The van der Waals surface area contributed by atoms with Crippen LogP contribution in [0.4, 0.5) is 5.82 Å². The molecule has 1 heterocycles. The van der Waals surface area contributed by atoms with Gasteiger partial charge in [-0.05, 0) is 35.6 Å². The van der Waals surface area contributed by atoms with Crippen LogP contribution in [0.1, 0.15) is 21.5 Å². The van der Waals surface area contributed by atoms with Crippen molar-refractivity contribution >= 4 is 32.6 Å². The normalized spacial score (nSPS) is 11.0. The molecule has 156 valence electrons. The Morgan fingerprint density at radius 3 is 2.22 bits per heavy atom. The van der Waals surface area contributed by atoms with Crippen molar-refractivity contribution in [3.05, 3.63) is 102 Å². The average Bonchev–Trinajstić information content (AvgIpc) is 2.79. The molecule has 0 spiro atoms. The second-order valence-corrected chi connectivity index (χ2v) is 8.97. The quantitative estimate of drug-likeness (QED) is 0.391. The van der Waals surface area contributed by atoms with Crippen molar-refractivity contribution in [3.63, 3.8) is 0 Å². The standard InChI is InChI=1S/C24H20N2O4S.Na/c1-17-22-10-6-5-9-20(22)15-25-23(17)26(16-18-7-3-2-4-8-18)31(29,30)21-13-11-19(12-14-21)24(27)28;/h2-15H,16H2,1H3,(H,27,28);/q;+1/p-1. The summed E-state index contributed by atoms with van der Waals surface area (Å²) >= 11 is 0. The van der Waals surface area contributed by atoms with E-state index in [4.69, 9.17) is 0 Å². The summed E-state index contributed by atoms with van der Waals surface area (Å²) in [5.41, 5.74) is 1.45. The maximum Gasteiger partial charge on any atom is 1.00 e. The van der Waals surface area contributed by atoms with Crippen molar-refractivity contribution in [1.82, 2.24) is 4.98 Å². The van der Waals surface area contributed by atoms with Crippen molar-refractivity contribution in [2.45, 2.75) is 18.4 Å². The molecular formula is C24H19N2NaO4S. The SMILES string of the molecule is Cc1c(N(Cc2ccccc2)S(=O)(=O)c2ccc(C(=O)[O-])cc2)ncc2ccccc12.[Na+]. The Balaban J connectivity index is 0.00000289. The zero-order chi connectivity index (χ0) is 22.0. The molecule has 0 N–H and O–H groups in total. The fraction of sp³-hybridized carbons (Fsp3) is 0.0833. The second kappa shape index (κ2) is 9.83. The zero-order valence-corrected chi connectivity index (χ0v) is 20.5. The summed E-state index contributed by atoms with van der Waals surface area (Å²) in [6.45, 7) is 1.93. The van der Waals surface area contributed by atoms with Crippen LogP contribution in [0.5, 0.6) is 0 Å². The van der Waals surface area contributed by atoms with E-state index in [1.54, 1.807) is 6.20 Å². The van der Waals surface area contributed by atoms with Crippen LogP contribution in [0.15, 0.2) is 90.0 Å². The van der Waals surface area contributed by atoms with Gasteiger partial charge in [0.25, 0.3) is 10.0 Å². The van der Waals surface area contributed by atoms with Gasteiger partial charge < -0.3 is 9.90 Å². The van der Waals surface area contributed by atoms with E-state index >= 15 is 0 Å². The van der Waals surface area contributed by atoms with Gasteiger partial charge in [-0.1, -0.05) is 66.7 Å². The number of aromatic nitrogens is 1. The number of carboxylic acids is 1. The molecule has 32 heavy (non-hydrogen) atoms. The number of aryl methyl sites for hydroxylation is 1. The number of carboxylic acid groups (broad SMARTS) is 1. The van der Waals surface area contributed by atoms with Crippen molar-refractivity contribution in [2.75, 3.05) is 4.31 Å². The molecule has 4 rings (SSSR count). The number of benzene rings is 3. The Morgan fingerprint density at radius 2 is 1.56 bits per heavy atom. The number of anilines is 1. The van der Waals surface area contributed by atoms with Crippen molar-refractivity contribution in [2.24, 2.45) is 0 Å². The molecular weight excluding hydrogens is 435 g/mol. The fourth-order valence-corrected chi connectivity index (χ4v) is 4.93. The van der Waals surface area contributed by atoms with Gasteiger partial charge in [0.05, 0.1) is 17.4 Å². The first-order chi connectivity index (χ1) is 14.9. The number of pyridine rings is 1. The van der Waals surface area contributed by atoms with Crippen LogP contribution in [-0.4, -0.2) is 19.4 Å². The molecule has 0 fully saturated rings. The minimum atomic E-state index is -4.03. The summed E-state index contributed by atoms with van der Waals surface area (Å²) in [7, 11) is -4.03. The molecule has 0 unspecified atom stereocenters. The van der Waals surface area contributed by atoms with Gasteiger partial charge in [0.1, 0.15) is 5.82 Å². The van der Waals surface area contributed by atoms with Gasteiger partial charge in [0, 0.05) is 17.1 Å². The summed E-state index contributed by atoms with van der Waals surface area (Å²) < 4.78 is 28.5. The Kier molecular flexibility index (Phi) is 7.36. The molecule has 0 saturated carbocycles. The molecule has 3 aromatic carbocycles. The molecule has 0 aliphatic carbocycles. The third-order valence-electron chi connectivity index (χ3n) is 5.11. The number of carbonyl (C=O) groups is 1. The summed E-state index contributed by atoms with van der Waals surface area (Å²) in [4.78, 5) is 15.5. The number of hydrogen-bond donors (Lipinski definition) is 0. The average molecular weight is 454 g/mol.